The first-order valence-electron chi connectivity index (χ1n) is 8.21. The van der Waals surface area contributed by atoms with Gasteiger partial charge in [0.05, 0.1) is 24.3 Å². The number of benzene rings is 2. The number of ether oxygens (including phenoxy) is 1. The van der Waals surface area contributed by atoms with E-state index < -0.39 is 0 Å². The third kappa shape index (κ3) is 3.49. The van der Waals surface area contributed by atoms with Crippen LogP contribution >= 0.6 is 0 Å². The summed E-state index contributed by atoms with van der Waals surface area (Å²) in [5.74, 6) is 0. The third-order valence-electron chi connectivity index (χ3n) is 4.73. The Bertz CT molecular complexity index is 721. The van der Waals surface area contributed by atoms with Crippen molar-refractivity contribution in [3.05, 3.63) is 59.7 Å². The molecule has 0 aliphatic carbocycles. The number of aliphatic hydroxyl groups excluding tert-OH is 1. The van der Waals surface area contributed by atoms with Crippen molar-refractivity contribution in [1.82, 2.24) is 4.90 Å². The van der Waals surface area contributed by atoms with Gasteiger partial charge in [0.1, 0.15) is 0 Å². The largest absolute Gasteiger partial charge is 0.395 e. The van der Waals surface area contributed by atoms with Gasteiger partial charge < -0.3 is 9.84 Å². The number of hydrogen-bond acceptors (Lipinski definition) is 4. The van der Waals surface area contributed by atoms with Crippen LogP contribution in [0.5, 0.6) is 0 Å². The van der Waals surface area contributed by atoms with Crippen LogP contribution in [0, 0.1) is 11.3 Å². The molecule has 1 saturated heterocycles. The second-order valence-corrected chi connectivity index (χ2v) is 6.21. The van der Waals surface area contributed by atoms with Crippen LogP contribution in [0.1, 0.15) is 17.5 Å². The maximum absolute atomic E-state index is 9.55. The summed E-state index contributed by atoms with van der Waals surface area (Å²) in [4.78, 5) is 2.27. The normalized spacial score (nSPS) is 20.9. The van der Waals surface area contributed by atoms with E-state index in [2.05, 4.69) is 35.2 Å². The monoisotopic (exact) mass is 322 g/mol. The maximum atomic E-state index is 9.55. The van der Waals surface area contributed by atoms with Crippen LogP contribution < -0.4 is 0 Å². The smallest absolute Gasteiger partial charge is 0.0998 e. The second-order valence-electron chi connectivity index (χ2n) is 6.21. The predicted octanol–water partition coefficient (Wildman–Crippen LogP) is 2.81. The zero-order valence-electron chi connectivity index (χ0n) is 13.9. The summed E-state index contributed by atoms with van der Waals surface area (Å²) >= 11 is 0. The van der Waals surface area contributed by atoms with E-state index in [9.17, 15) is 10.4 Å². The topological polar surface area (TPSA) is 56.5 Å². The fourth-order valence-electron chi connectivity index (χ4n) is 3.35. The average Bonchev–Trinajstić information content (AvgIpc) is 3.04. The molecule has 0 aromatic heterocycles. The zero-order chi connectivity index (χ0) is 16.9. The molecule has 3 rings (SSSR count). The number of methoxy groups -OCH3 is 1. The quantitative estimate of drug-likeness (QED) is 0.920. The molecular weight excluding hydrogens is 300 g/mol. The van der Waals surface area contributed by atoms with Crippen molar-refractivity contribution in [1.29, 1.82) is 5.26 Å². The van der Waals surface area contributed by atoms with Gasteiger partial charge >= 0.3 is 0 Å². The van der Waals surface area contributed by atoms with Gasteiger partial charge in [0.25, 0.3) is 0 Å². The molecule has 0 spiro atoms. The Kier molecular flexibility index (Phi) is 5.27. The molecule has 0 saturated carbocycles. The van der Waals surface area contributed by atoms with E-state index in [1.165, 1.54) is 5.56 Å². The van der Waals surface area contributed by atoms with Crippen LogP contribution in [0.3, 0.4) is 0 Å². The van der Waals surface area contributed by atoms with Crippen molar-refractivity contribution in [2.24, 2.45) is 0 Å². The molecule has 2 aromatic rings. The van der Waals surface area contributed by atoms with Crippen molar-refractivity contribution in [3.8, 4) is 17.2 Å². The van der Waals surface area contributed by atoms with Crippen LogP contribution in [0.15, 0.2) is 48.5 Å². The molecular formula is C20H22N2O2. The van der Waals surface area contributed by atoms with Crippen molar-refractivity contribution >= 4 is 0 Å². The Hall–Kier alpha value is -2.19. The number of rotatable bonds is 5. The highest BCUT2D eigenvalue weighted by Crippen LogP contribution is 2.26. The molecule has 0 bridgehead atoms. The lowest BCUT2D eigenvalue weighted by Crippen LogP contribution is -2.31. The highest BCUT2D eigenvalue weighted by atomic mass is 16.5. The third-order valence-corrected chi connectivity index (χ3v) is 4.73. The molecule has 0 amide bonds. The summed E-state index contributed by atoms with van der Waals surface area (Å²) in [5.41, 5.74) is 3.89. The minimum absolute atomic E-state index is 0.160. The standard InChI is InChI=1S/C20H22N2O2/c1-24-19-10-18(14-23)22(13-19)12-15-6-8-16(9-7-15)20-5-3-2-4-17(20)11-21/h2-9,18-19,23H,10,12-14H2,1H3/t18-,19+/m0/s1. The lowest BCUT2D eigenvalue weighted by molar-refractivity contribution is 0.107. The van der Waals surface area contributed by atoms with Crippen LogP contribution in [-0.4, -0.2) is 42.4 Å². The number of nitrogens with zero attached hydrogens (tertiary/aromatic N) is 2. The van der Waals surface area contributed by atoms with Gasteiger partial charge in [-0.15, -0.1) is 0 Å². The van der Waals surface area contributed by atoms with Gasteiger partial charge in [-0.05, 0) is 29.2 Å². The van der Waals surface area contributed by atoms with E-state index in [1.54, 1.807) is 7.11 Å². The Labute approximate surface area is 142 Å². The first-order chi connectivity index (χ1) is 11.7. The summed E-state index contributed by atoms with van der Waals surface area (Å²) in [6.07, 6.45) is 1.07. The summed E-state index contributed by atoms with van der Waals surface area (Å²) in [6.45, 7) is 1.81. The number of aliphatic hydroxyl groups is 1. The van der Waals surface area contributed by atoms with Gasteiger partial charge in [-0.2, -0.15) is 5.26 Å². The minimum Gasteiger partial charge on any atom is -0.395 e. The van der Waals surface area contributed by atoms with E-state index in [0.29, 0.717) is 5.56 Å². The number of nitriles is 1. The Balaban J connectivity index is 1.74. The van der Waals surface area contributed by atoms with Crippen molar-refractivity contribution < 1.29 is 9.84 Å². The summed E-state index contributed by atoms with van der Waals surface area (Å²) in [7, 11) is 1.73. The van der Waals surface area contributed by atoms with Crippen molar-refractivity contribution in [3.63, 3.8) is 0 Å². The predicted molar refractivity (Wildman–Crippen MR) is 93.3 cm³/mol. The summed E-state index contributed by atoms with van der Waals surface area (Å²) in [5, 5.41) is 18.8. The van der Waals surface area contributed by atoms with Gasteiger partial charge in [-0.1, -0.05) is 42.5 Å². The van der Waals surface area contributed by atoms with E-state index in [0.717, 1.165) is 30.6 Å². The number of likely N-dealkylation sites (tertiary alicyclic amines) is 1. The SMILES string of the molecule is CO[C@@H]1C[C@@H](CO)N(Cc2ccc(-c3ccccc3C#N)cc2)C1. The van der Waals surface area contributed by atoms with Gasteiger partial charge in [-0.3, -0.25) is 4.90 Å². The van der Waals surface area contributed by atoms with E-state index in [1.807, 2.05) is 24.3 Å². The van der Waals surface area contributed by atoms with Gasteiger partial charge in [0.2, 0.25) is 0 Å². The van der Waals surface area contributed by atoms with Gasteiger partial charge in [-0.25, -0.2) is 0 Å². The second kappa shape index (κ2) is 7.59. The average molecular weight is 322 g/mol. The molecule has 2 atom stereocenters. The first-order valence-corrected chi connectivity index (χ1v) is 8.21. The molecule has 0 unspecified atom stereocenters. The van der Waals surface area contributed by atoms with Crippen molar-refractivity contribution in [2.75, 3.05) is 20.3 Å². The molecule has 124 valence electrons. The molecule has 0 radical (unpaired) electrons. The maximum Gasteiger partial charge on any atom is 0.0998 e. The molecule has 4 nitrogen and oxygen atoms in total. The fraction of sp³-hybridized carbons (Fsp3) is 0.350. The molecule has 1 N–H and O–H groups in total. The Morgan fingerprint density at radius 2 is 1.96 bits per heavy atom. The first kappa shape index (κ1) is 16.7. The lowest BCUT2D eigenvalue weighted by Gasteiger charge is -2.22. The van der Waals surface area contributed by atoms with Crippen LogP contribution in [0.25, 0.3) is 11.1 Å². The molecule has 1 fully saturated rings. The minimum atomic E-state index is 0.160. The van der Waals surface area contributed by atoms with E-state index in [4.69, 9.17) is 4.74 Å². The van der Waals surface area contributed by atoms with Crippen LogP contribution in [-0.2, 0) is 11.3 Å². The van der Waals surface area contributed by atoms with Crippen LogP contribution in [0.2, 0.25) is 0 Å². The zero-order valence-corrected chi connectivity index (χ0v) is 13.9. The Morgan fingerprint density at radius 1 is 1.21 bits per heavy atom. The lowest BCUT2D eigenvalue weighted by atomic mass is 9.99. The number of hydrogen-bond donors (Lipinski definition) is 1. The molecule has 24 heavy (non-hydrogen) atoms. The molecule has 2 aromatic carbocycles. The van der Waals surface area contributed by atoms with Gasteiger partial charge in [0.15, 0.2) is 0 Å². The highest BCUT2D eigenvalue weighted by Gasteiger charge is 2.31. The molecule has 4 heteroatoms. The molecule has 1 aliphatic heterocycles. The van der Waals surface area contributed by atoms with Crippen LogP contribution in [0.4, 0.5) is 0 Å². The summed E-state index contributed by atoms with van der Waals surface area (Å²) in [6, 6.07) is 18.3. The fourth-order valence-corrected chi connectivity index (χ4v) is 3.35. The van der Waals surface area contributed by atoms with E-state index >= 15 is 0 Å². The highest BCUT2D eigenvalue weighted by molar-refractivity contribution is 5.70. The van der Waals surface area contributed by atoms with Gasteiger partial charge in [0, 0.05) is 26.2 Å². The molecule has 1 heterocycles. The van der Waals surface area contributed by atoms with Crippen molar-refractivity contribution in [2.45, 2.75) is 25.1 Å². The summed E-state index contributed by atoms with van der Waals surface area (Å²) < 4.78 is 5.43. The Morgan fingerprint density at radius 3 is 2.62 bits per heavy atom. The van der Waals surface area contributed by atoms with E-state index in [-0.39, 0.29) is 18.8 Å². The molecule has 1 aliphatic rings.